The van der Waals surface area contributed by atoms with Gasteiger partial charge in [0, 0.05) is 0 Å². The van der Waals surface area contributed by atoms with Crippen molar-refractivity contribution >= 4 is 11.9 Å². The van der Waals surface area contributed by atoms with Gasteiger partial charge in [-0.15, -0.1) is 0 Å². The number of ether oxygens (including phenoxy) is 3. The Morgan fingerprint density at radius 2 is 1.68 bits per heavy atom. The molecular formula is C23H34O5. The zero-order chi connectivity index (χ0) is 20.4. The highest BCUT2D eigenvalue weighted by atomic mass is 16.6. The second kappa shape index (κ2) is 11.2. The maximum absolute atomic E-state index is 12.6. The first-order valence-electron chi connectivity index (χ1n) is 10.6. The molecule has 1 aliphatic carbocycles. The first-order chi connectivity index (χ1) is 13.6. The van der Waals surface area contributed by atoms with Gasteiger partial charge in [-0.25, -0.2) is 0 Å². The number of carbonyl (C=O) groups excluding carboxylic acids is 2. The van der Waals surface area contributed by atoms with Crippen molar-refractivity contribution in [1.29, 1.82) is 0 Å². The van der Waals surface area contributed by atoms with Gasteiger partial charge in [-0.1, -0.05) is 43.7 Å². The van der Waals surface area contributed by atoms with Crippen molar-refractivity contribution in [2.45, 2.75) is 72.0 Å². The standard InChI is InChI=1S/C23H34O5/c1-4-10-20(28-17-18-11-8-7-9-12-18)14-13-19-15-16-23(19,21(24)26-5-2)22(25)27-6-3/h7-9,11-12,19-20H,4-6,10,13-17H2,1-3H3. The van der Waals surface area contributed by atoms with Crippen molar-refractivity contribution in [3.63, 3.8) is 0 Å². The fourth-order valence-corrected chi connectivity index (χ4v) is 3.98. The summed E-state index contributed by atoms with van der Waals surface area (Å²) in [4.78, 5) is 25.2. The van der Waals surface area contributed by atoms with Gasteiger partial charge in [-0.2, -0.15) is 0 Å². The minimum Gasteiger partial charge on any atom is -0.465 e. The summed E-state index contributed by atoms with van der Waals surface area (Å²) >= 11 is 0. The van der Waals surface area contributed by atoms with Crippen LogP contribution in [0.3, 0.4) is 0 Å². The molecule has 156 valence electrons. The fraction of sp³-hybridized carbons (Fsp3) is 0.652. The Kier molecular flexibility index (Phi) is 8.97. The third kappa shape index (κ3) is 5.34. The van der Waals surface area contributed by atoms with E-state index in [1.165, 1.54) is 0 Å². The molecule has 0 radical (unpaired) electrons. The van der Waals surface area contributed by atoms with Gasteiger partial charge in [-0.05, 0) is 57.4 Å². The SMILES string of the molecule is CCCC(CCC1CCC1(C(=O)OCC)C(=O)OCC)OCc1ccccc1. The largest absolute Gasteiger partial charge is 0.465 e. The van der Waals surface area contributed by atoms with Crippen LogP contribution in [0.25, 0.3) is 0 Å². The van der Waals surface area contributed by atoms with Crippen LogP contribution in [0.5, 0.6) is 0 Å². The van der Waals surface area contributed by atoms with Gasteiger partial charge in [0.15, 0.2) is 5.41 Å². The number of hydrogen-bond donors (Lipinski definition) is 0. The molecule has 0 heterocycles. The predicted molar refractivity (Wildman–Crippen MR) is 108 cm³/mol. The Morgan fingerprint density at radius 3 is 2.18 bits per heavy atom. The molecule has 2 rings (SSSR count). The van der Waals surface area contributed by atoms with Gasteiger partial charge in [0.2, 0.25) is 0 Å². The van der Waals surface area contributed by atoms with Crippen LogP contribution in [0.1, 0.15) is 64.9 Å². The maximum atomic E-state index is 12.6. The van der Waals surface area contributed by atoms with Crippen molar-refractivity contribution in [1.82, 2.24) is 0 Å². The highest BCUT2D eigenvalue weighted by Crippen LogP contribution is 2.51. The first kappa shape index (κ1) is 22.4. The van der Waals surface area contributed by atoms with E-state index in [-0.39, 0.29) is 25.2 Å². The van der Waals surface area contributed by atoms with Crippen LogP contribution in [0.2, 0.25) is 0 Å². The van der Waals surface area contributed by atoms with E-state index in [9.17, 15) is 9.59 Å². The van der Waals surface area contributed by atoms with Crippen LogP contribution in [0.4, 0.5) is 0 Å². The molecule has 2 atom stereocenters. The molecule has 0 saturated heterocycles. The Bertz CT molecular complexity index is 595. The number of rotatable bonds is 12. The third-order valence-electron chi connectivity index (χ3n) is 5.64. The lowest BCUT2D eigenvalue weighted by molar-refractivity contribution is -0.187. The molecule has 1 aliphatic rings. The molecule has 2 unspecified atom stereocenters. The van der Waals surface area contributed by atoms with Crippen LogP contribution in [-0.2, 0) is 30.4 Å². The summed E-state index contributed by atoms with van der Waals surface area (Å²) in [6.07, 6.45) is 5.06. The van der Waals surface area contributed by atoms with E-state index in [4.69, 9.17) is 14.2 Å². The summed E-state index contributed by atoms with van der Waals surface area (Å²) in [5, 5.41) is 0. The monoisotopic (exact) mass is 390 g/mol. The number of carbonyl (C=O) groups is 2. The van der Waals surface area contributed by atoms with E-state index in [2.05, 4.69) is 19.1 Å². The quantitative estimate of drug-likeness (QED) is 0.383. The molecular weight excluding hydrogens is 356 g/mol. The molecule has 0 amide bonds. The lowest BCUT2D eigenvalue weighted by Crippen LogP contribution is -2.54. The second-order valence-electron chi connectivity index (χ2n) is 7.43. The normalized spacial score (nSPS) is 18.8. The number of esters is 2. The lowest BCUT2D eigenvalue weighted by atomic mass is 9.58. The smallest absolute Gasteiger partial charge is 0.323 e. The van der Waals surface area contributed by atoms with Gasteiger partial charge < -0.3 is 14.2 Å². The average Bonchev–Trinajstić information content (AvgIpc) is 2.67. The zero-order valence-electron chi connectivity index (χ0n) is 17.4. The van der Waals surface area contributed by atoms with Gasteiger partial charge in [-0.3, -0.25) is 9.59 Å². The van der Waals surface area contributed by atoms with Crippen molar-refractivity contribution < 1.29 is 23.8 Å². The molecule has 0 bridgehead atoms. The van der Waals surface area contributed by atoms with Crippen molar-refractivity contribution in [3.8, 4) is 0 Å². The molecule has 0 aromatic heterocycles. The molecule has 5 nitrogen and oxygen atoms in total. The minimum absolute atomic E-state index is 0.0368. The Labute approximate surface area is 168 Å². The van der Waals surface area contributed by atoms with E-state index in [1.807, 2.05) is 18.2 Å². The summed E-state index contributed by atoms with van der Waals surface area (Å²) in [6, 6.07) is 10.1. The lowest BCUT2D eigenvalue weighted by Gasteiger charge is -2.45. The topological polar surface area (TPSA) is 61.8 Å². The first-order valence-corrected chi connectivity index (χ1v) is 10.6. The number of hydrogen-bond acceptors (Lipinski definition) is 5. The maximum Gasteiger partial charge on any atom is 0.323 e. The fourth-order valence-electron chi connectivity index (χ4n) is 3.98. The third-order valence-corrected chi connectivity index (χ3v) is 5.64. The van der Waals surface area contributed by atoms with E-state index in [0.29, 0.717) is 13.0 Å². The van der Waals surface area contributed by atoms with Crippen molar-refractivity contribution in [2.75, 3.05) is 13.2 Å². The highest BCUT2D eigenvalue weighted by molar-refractivity contribution is 6.01. The highest BCUT2D eigenvalue weighted by Gasteiger charge is 2.60. The Morgan fingerprint density at radius 1 is 1.04 bits per heavy atom. The molecule has 1 aromatic rings. The molecule has 0 N–H and O–H groups in total. The van der Waals surface area contributed by atoms with Crippen LogP contribution in [0, 0.1) is 11.3 Å². The second-order valence-corrected chi connectivity index (χ2v) is 7.43. The molecule has 1 aromatic carbocycles. The van der Waals surface area contributed by atoms with Crippen molar-refractivity contribution in [3.05, 3.63) is 35.9 Å². The molecule has 5 heteroatoms. The average molecular weight is 391 g/mol. The Hall–Kier alpha value is -1.88. The summed E-state index contributed by atoms with van der Waals surface area (Å²) in [6.45, 7) is 6.79. The van der Waals surface area contributed by atoms with Gasteiger partial charge >= 0.3 is 11.9 Å². The van der Waals surface area contributed by atoms with E-state index < -0.39 is 17.4 Å². The summed E-state index contributed by atoms with van der Waals surface area (Å²) in [5.41, 5.74) is 0.0296. The molecule has 1 fully saturated rings. The minimum atomic E-state index is -1.12. The molecule has 0 spiro atoms. The van der Waals surface area contributed by atoms with Crippen molar-refractivity contribution in [2.24, 2.45) is 11.3 Å². The molecule has 28 heavy (non-hydrogen) atoms. The Balaban J connectivity index is 1.98. The van der Waals surface area contributed by atoms with Gasteiger partial charge in [0.05, 0.1) is 25.9 Å². The van der Waals surface area contributed by atoms with Crippen LogP contribution in [0.15, 0.2) is 30.3 Å². The summed E-state index contributed by atoms with van der Waals surface area (Å²) in [7, 11) is 0. The van der Waals surface area contributed by atoms with Crippen LogP contribution >= 0.6 is 0 Å². The predicted octanol–water partition coefficient (Wildman–Crippen LogP) is 4.67. The van der Waals surface area contributed by atoms with Gasteiger partial charge in [0.25, 0.3) is 0 Å². The van der Waals surface area contributed by atoms with E-state index in [0.717, 1.165) is 37.7 Å². The zero-order valence-corrected chi connectivity index (χ0v) is 17.4. The van der Waals surface area contributed by atoms with Gasteiger partial charge in [0.1, 0.15) is 0 Å². The van der Waals surface area contributed by atoms with E-state index >= 15 is 0 Å². The molecule has 0 aliphatic heterocycles. The number of benzene rings is 1. The summed E-state index contributed by atoms with van der Waals surface area (Å²) < 4.78 is 16.6. The van der Waals surface area contributed by atoms with Crippen LogP contribution < -0.4 is 0 Å². The van der Waals surface area contributed by atoms with E-state index in [1.54, 1.807) is 13.8 Å². The molecule has 1 saturated carbocycles. The summed E-state index contributed by atoms with van der Waals surface area (Å²) in [5.74, 6) is -0.894. The van der Waals surface area contributed by atoms with Crippen LogP contribution in [-0.4, -0.2) is 31.3 Å².